The molecule has 3 rings (SSSR count). The lowest BCUT2D eigenvalue weighted by Gasteiger charge is -2.19. The monoisotopic (exact) mass is 380 g/mol. The molecule has 28 heavy (non-hydrogen) atoms. The molecule has 2 aromatic rings. The van der Waals surface area contributed by atoms with Gasteiger partial charge in [0.25, 0.3) is 5.69 Å². The number of hydrogen-bond donors (Lipinski definition) is 0. The number of nitro benzene ring substituents is 1. The average molecular weight is 380 g/mol. The Hall–Kier alpha value is -3.55. The zero-order valence-electron chi connectivity index (χ0n) is 15.5. The Bertz CT molecular complexity index is 938. The molecule has 0 atom stereocenters. The zero-order chi connectivity index (χ0) is 20.1. The number of carbonyl (C=O) groups excluding carboxylic acids is 1. The standard InChI is InChI=1S/C20H20N4O4/c1-14(2)20(25)28-13-12-23-11-10-17-18(4-3-5-19(17)23)22-21-15-6-8-16(9-7-15)24(26)27/h3-9H,1,10-13H2,2H3. The van der Waals surface area contributed by atoms with Crippen molar-refractivity contribution in [3.05, 3.63) is 70.3 Å². The number of benzene rings is 2. The van der Waals surface area contributed by atoms with Crippen LogP contribution in [0, 0.1) is 10.1 Å². The van der Waals surface area contributed by atoms with Crippen LogP contribution in [-0.2, 0) is 16.0 Å². The maximum atomic E-state index is 11.5. The van der Waals surface area contributed by atoms with Gasteiger partial charge in [0.2, 0.25) is 0 Å². The van der Waals surface area contributed by atoms with Crippen molar-refractivity contribution in [3.8, 4) is 0 Å². The van der Waals surface area contributed by atoms with Crippen molar-refractivity contribution < 1.29 is 14.5 Å². The quantitative estimate of drug-likeness (QED) is 0.232. The van der Waals surface area contributed by atoms with Crippen molar-refractivity contribution in [2.45, 2.75) is 13.3 Å². The first-order chi connectivity index (χ1) is 13.5. The molecule has 0 unspecified atom stereocenters. The van der Waals surface area contributed by atoms with Gasteiger partial charge in [-0.3, -0.25) is 10.1 Å². The van der Waals surface area contributed by atoms with Gasteiger partial charge in [-0.2, -0.15) is 10.2 Å². The fraction of sp³-hybridized carbons (Fsp3) is 0.250. The molecule has 0 fully saturated rings. The van der Waals surface area contributed by atoms with E-state index < -0.39 is 4.92 Å². The van der Waals surface area contributed by atoms with E-state index in [1.54, 1.807) is 19.1 Å². The number of fused-ring (bicyclic) bond motifs is 1. The minimum atomic E-state index is -0.451. The first kappa shape index (κ1) is 19.2. The summed E-state index contributed by atoms with van der Waals surface area (Å²) < 4.78 is 5.17. The predicted octanol–water partition coefficient (Wildman–Crippen LogP) is 4.49. The average Bonchev–Trinajstić information content (AvgIpc) is 3.10. The molecule has 0 saturated carbocycles. The smallest absolute Gasteiger partial charge is 0.333 e. The second-order valence-electron chi connectivity index (χ2n) is 6.40. The van der Waals surface area contributed by atoms with E-state index in [2.05, 4.69) is 21.7 Å². The third-order valence-electron chi connectivity index (χ3n) is 4.38. The Morgan fingerprint density at radius 3 is 2.68 bits per heavy atom. The Kier molecular flexibility index (Phi) is 5.78. The highest BCUT2D eigenvalue weighted by molar-refractivity contribution is 5.86. The summed E-state index contributed by atoms with van der Waals surface area (Å²) in [5.41, 5.74) is 3.84. The largest absolute Gasteiger partial charge is 0.460 e. The zero-order valence-corrected chi connectivity index (χ0v) is 15.5. The Labute approximate surface area is 162 Å². The molecule has 0 radical (unpaired) electrons. The molecule has 0 amide bonds. The molecule has 0 saturated heterocycles. The van der Waals surface area contributed by atoms with E-state index in [1.165, 1.54) is 12.1 Å². The van der Waals surface area contributed by atoms with Crippen LogP contribution in [0.4, 0.5) is 22.7 Å². The van der Waals surface area contributed by atoms with Gasteiger partial charge in [0.1, 0.15) is 6.61 Å². The molecular weight excluding hydrogens is 360 g/mol. The van der Waals surface area contributed by atoms with Gasteiger partial charge >= 0.3 is 5.97 Å². The minimum Gasteiger partial charge on any atom is -0.460 e. The van der Waals surface area contributed by atoms with Crippen LogP contribution < -0.4 is 4.90 Å². The van der Waals surface area contributed by atoms with Gasteiger partial charge in [-0.05, 0) is 37.6 Å². The highest BCUT2D eigenvalue weighted by atomic mass is 16.6. The van der Waals surface area contributed by atoms with Crippen LogP contribution >= 0.6 is 0 Å². The Balaban J connectivity index is 1.68. The third-order valence-corrected chi connectivity index (χ3v) is 4.38. The third kappa shape index (κ3) is 4.40. The van der Waals surface area contributed by atoms with Gasteiger partial charge in [-0.1, -0.05) is 12.6 Å². The topological polar surface area (TPSA) is 97.4 Å². The highest BCUT2D eigenvalue weighted by Crippen LogP contribution is 2.35. The Morgan fingerprint density at radius 1 is 1.25 bits per heavy atom. The number of azo groups is 1. The number of nitro groups is 1. The van der Waals surface area contributed by atoms with E-state index in [0.717, 1.165) is 29.9 Å². The number of nitrogens with zero attached hydrogens (tertiary/aromatic N) is 4. The van der Waals surface area contributed by atoms with Crippen molar-refractivity contribution in [3.63, 3.8) is 0 Å². The maximum absolute atomic E-state index is 11.5. The lowest BCUT2D eigenvalue weighted by Crippen LogP contribution is -2.26. The van der Waals surface area contributed by atoms with Crippen molar-refractivity contribution in [1.29, 1.82) is 0 Å². The van der Waals surface area contributed by atoms with E-state index in [4.69, 9.17) is 4.74 Å². The van der Waals surface area contributed by atoms with Gasteiger partial charge in [-0.15, -0.1) is 0 Å². The van der Waals surface area contributed by atoms with Crippen LogP contribution in [0.15, 0.2) is 64.8 Å². The number of esters is 1. The van der Waals surface area contributed by atoms with E-state index in [0.29, 0.717) is 24.4 Å². The summed E-state index contributed by atoms with van der Waals surface area (Å²) in [6.07, 6.45) is 0.819. The second kappa shape index (κ2) is 8.43. The summed E-state index contributed by atoms with van der Waals surface area (Å²) in [4.78, 5) is 23.9. The number of anilines is 1. The van der Waals surface area contributed by atoms with Crippen LogP contribution in [0.5, 0.6) is 0 Å². The van der Waals surface area contributed by atoms with Crippen LogP contribution in [0.2, 0.25) is 0 Å². The molecule has 1 heterocycles. The number of non-ortho nitro benzene ring substituents is 1. The van der Waals surface area contributed by atoms with Crippen molar-refractivity contribution in [2.24, 2.45) is 10.2 Å². The van der Waals surface area contributed by atoms with Gasteiger partial charge < -0.3 is 9.64 Å². The molecule has 0 aromatic heterocycles. The molecule has 0 N–H and O–H groups in total. The van der Waals surface area contributed by atoms with Crippen LogP contribution in [0.1, 0.15) is 12.5 Å². The molecule has 0 bridgehead atoms. The predicted molar refractivity (Wildman–Crippen MR) is 105 cm³/mol. The molecule has 0 aliphatic carbocycles. The van der Waals surface area contributed by atoms with Crippen LogP contribution in [0.25, 0.3) is 0 Å². The lowest BCUT2D eigenvalue weighted by atomic mass is 10.1. The van der Waals surface area contributed by atoms with Gasteiger partial charge in [0.15, 0.2) is 0 Å². The summed E-state index contributed by atoms with van der Waals surface area (Å²) in [6.45, 7) is 6.88. The van der Waals surface area contributed by atoms with Crippen molar-refractivity contribution in [1.82, 2.24) is 0 Å². The van der Waals surface area contributed by atoms with E-state index in [-0.39, 0.29) is 11.7 Å². The molecule has 1 aliphatic heterocycles. The molecule has 0 spiro atoms. The highest BCUT2D eigenvalue weighted by Gasteiger charge is 2.21. The summed E-state index contributed by atoms with van der Waals surface area (Å²) in [5.74, 6) is -0.384. The molecule has 8 heteroatoms. The van der Waals surface area contributed by atoms with Gasteiger partial charge in [0.05, 0.1) is 22.8 Å². The number of carbonyl (C=O) groups is 1. The SMILES string of the molecule is C=C(C)C(=O)OCCN1CCc2c(N=Nc3ccc([N+](=O)[O-])cc3)cccc21. The molecule has 8 nitrogen and oxygen atoms in total. The van der Waals surface area contributed by atoms with E-state index in [1.807, 2.05) is 18.2 Å². The molecule has 2 aromatic carbocycles. The Morgan fingerprint density at radius 2 is 2.00 bits per heavy atom. The second-order valence-corrected chi connectivity index (χ2v) is 6.40. The first-order valence-electron chi connectivity index (χ1n) is 8.81. The summed E-state index contributed by atoms with van der Waals surface area (Å²) in [7, 11) is 0. The molecular formula is C20H20N4O4. The fourth-order valence-corrected chi connectivity index (χ4v) is 2.93. The van der Waals surface area contributed by atoms with Crippen molar-refractivity contribution >= 4 is 28.7 Å². The summed E-state index contributed by atoms with van der Waals surface area (Å²) >= 11 is 0. The molecule has 1 aliphatic rings. The van der Waals surface area contributed by atoms with Crippen molar-refractivity contribution in [2.75, 3.05) is 24.6 Å². The number of hydrogen-bond acceptors (Lipinski definition) is 7. The normalized spacial score (nSPS) is 12.8. The molecule has 144 valence electrons. The van der Waals surface area contributed by atoms with Crippen LogP contribution in [0.3, 0.4) is 0 Å². The van der Waals surface area contributed by atoms with E-state index in [9.17, 15) is 14.9 Å². The van der Waals surface area contributed by atoms with Crippen LogP contribution in [-0.4, -0.2) is 30.6 Å². The van der Waals surface area contributed by atoms with E-state index >= 15 is 0 Å². The first-order valence-corrected chi connectivity index (χ1v) is 8.81. The maximum Gasteiger partial charge on any atom is 0.333 e. The van der Waals surface area contributed by atoms with Gasteiger partial charge in [0, 0.05) is 35.5 Å². The summed E-state index contributed by atoms with van der Waals surface area (Å²) in [6, 6.07) is 11.7. The summed E-state index contributed by atoms with van der Waals surface area (Å²) in [5, 5.41) is 19.2. The van der Waals surface area contributed by atoms with Gasteiger partial charge in [-0.25, -0.2) is 4.79 Å². The fourth-order valence-electron chi connectivity index (χ4n) is 2.93. The lowest BCUT2D eigenvalue weighted by molar-refractivity contribution is -0.384. The minimum absolute atomic E-state index is 0.0162. The number of rotatable bonds is 7. The number of ether oxygens (including phenoxy) is 1.